The normalized spacial score (nSPS) is 38.5. The summed E-state index contributed by atoms with van der Waals surface area (Å²) >= 11 is 0. The van der Waals surface area contributed by atoms with Crippen LogP contribution >= 0.6 is 0 Å². The highest BCUT2D eigenvalue weighted by atomic mass is 16.5. The van der Waals surface area contributed by atoms with E-state index in [1.807, 2.05) is 19.0 Å². The molecule has 0 aromatic rings. The molecule has 0 bridgehead atoms. The van der Waals surface area contributed by atoms with Gasteiger partial charge in [-0.15, -0.1) is 0 Å². The van der Waals surface area contributed by atoms with Crippen molar-refractivity contribution in [1.82, 2.24) is 4.90 Å². The third-order valence-electron chi connectivity index (χ3n) is 1.96. The summed E-state index contributed by atoms with van der Waals surface area (Å²) in [5.74, 6) is 0. The zero-order valence-corrected chi connectivity index (χ0v) is 6.90. The van der Waals surface area contributed by atoms with Gasteiger partial charge in [0.2, 0.25) is 0 Å². The quantitative estimate of drug-likeness (QED) is 0.546. The van der Waals surface area contributed by atoms with Crippen LogP contribution in [-0.2, 0) is 4.74 Å². The molecule has 3 atom stereocenters. The van der Waals surface area contributed by atoms with Crippen LogP contribution < -0.4 is 0 Å². The predicted molar refractivity (Wildman–Crippen MR) is 40.1 cm³/mol. The van der Waals surface area contributed by atoms with Crippen molar-refractivity contribution in [2.45, 2.75) is 24.9 Å². The highest BCUT2D eigenvalue weighted by Gasteiger charge is 2.34. The molecule has 4 heteroatoms. The summed E-state index contributed by atoms with van der Waals surface area (Å²) in [6.45, 7) is -0.106. The number of hydrogen-bond donors (Lipinski definition) is 2. The first kappa shape index (κ1) is 8.93. The van der Waals surface area contributed by atoms with E-state index in [-0.39, 0.29) is 12.8 Å². The fraction of sp³-hybridized carbons (Fsp3) is 1.00. The van der Waals surface area contributed by atoms with Crippen molar-refractivity contribution in [3.05, 3.63) is 0 Å². The molecule has 0 radical (unpaired) electrons. The summed E-state index contributed by atoms with van der Waals surface area (Å²) in [4.78, 5) is 1.89. The van der Waals surface area contributed by atoms with E-state index in [0.717, 1.165) is 0 Å². The molecule has 4 nitrogen and oxygen atoms in total. The average molecular weight is 161 g/mol. The maximum atomic E-state index is 9.30. The first-order chi connectivity index (χ1) is 5.15. The number of hydrogen-bond acceptors (Lipinski definition) is 4. The van der Waals surface area contributed by atoms with Gasteiger partial charge in [-0.05, 0) is 14.1 Å². The largest absolute Gasteiger partial charge is 0.394 e. The van der Waals surface area contributed by atoms with Gasteiger partial charge in [0.15, 0.2) is 0 Å². The number of rotatable bonds is 2. The molecule has 0 aromatic heterocycles. The maximum Gasteiger partial charge on any atom is 0.113 e. The molecule has 0 amide bonds. The first-order valence-electron chi connectivity index (χ1n) is 3.76. The van der Waals surface area contributed by atoms with Crippen molar-refractivity contribution in [3.63, 3.8) is 0 Å². The second-order valence-electron chi connectivity index (χ2n) is 3.08. The molecular weight excluding hydrogens is 146 g/mol. The zero-order chi connectivity index (χ0) is 8.43. The number of ether oxygens (including phenoxy) is 1. The minimum atomic E-state index is -0.521. The number of nitrogens with zero attached hydrogens (tertiary/aromatic N) is 1. The van der Waals surface area contributed by atoms with Crippen molar-refractivity contribution in [1.29, 1.82) is 0 Å². The summed E-state index contributed by atoms with van der Waals surface area (Å²) in [7, 11) is 3.77. The van der Waals surface area contributed by atoms with Crippen LogP contribution in [-0.4, -0.2) is 54.3 Å². The molecule has 1 rings (SSSR count). The lowest BCUT2D eigenvalue weighted by molar-refractivity contribution is -0.0635. The van der Waals surface area contributed by atoms with E-state index in [4.69, 9.17) is 9.84 Å². The topological polar surface area (TPSA) is 52.9 Å². The molecule has 66 valence electrons. The Morgan fingerprint density at radius 3 is 2.45 bits per heavy atom. The Bertz CT molecular complexity index is 129. The lowest BCUT2D eigenvalue weighted by Gasteiger charge is -2.18. The molecule has 1 saturated heterocycles. The van der Waals surface area contributed by atoms with Crippen molar-refractivity contribution < 1.29 is 14.9 Å². The minimum absolute atomic E-state index is 0.0536. The maximum absolute atomic E-state index is 9.30. The average Bonchev–Trinajstić information content (AvgIpc) is 2.31. The summed E-state index contributed by atoms with van der Waals surface area (Å²) in [5, 5.41) is 18.0. The van der Waals surface area contributed by atoms with Gasteiger partial charge in [0.25, 0.3) is 0 Å². The van der Waals surface area contributed by atoms with E-state index < -0.39 is 12.2 Å². The Morgan fingerprint density at radius 2 is 2.18 bits per heavy atom. The van der Waals surface area contributed by atoms with E-state index >= 15 is 0 Å². The van der Waals surface area contributed by atoms with E-state index in [1.165, 1.54) is 0 Å². The van der Waals surface area contributed by atoms with Crippen molar-refractivity contribution in [3.8, 4) is 0 Å². The Morgan fingerprint density at radius 1 is 1.55 bits per heavy atom. The molecule has 1 aliphatic rings. The zero-order valence-electron chi connectivity index (χ0n) is 6.90. The van der Waals surface area contributed by atoms with Crippen molar-refractivity contribution in [2.75, 3.05) is 20.7 Å². The van der Waals surface area contributed by atoms with Gasteiger partial charge in [-0.3, -0.25) is 4.90 Å². The van der Waals surface area contributed by atoms with E-state index in [9.17, 15) is 5.11 Å². The third kappa shape index (κ3) is 1.90. The standard InChI is InChI=1S/C7H15NO3/c1-8(2)7-3-5(10)6(4-9)11-7/h5-7,9-10H,3-4H2,1-2H3/t5-,6+,7+/m0/s1. The lowest BCUT2D eigenvalue weighted by Crippen LogP contribution is -2.28. The fourth-order valence-electron chi connectivity index (χ4n) is 1.20. The van der Waals surface area contributed by atoms with Crippen molar-refractivity contribution >= 4 is 0 Å². The molecular formula is C7H15NO3. The van der Waals surface area contributed by atoms with Crippen molar-refractivity contribution in [2.24, 2.45) is 0 Å². The molecule has 0 aliphatic carbocycles. The minimum Gasteiger partial charge on any atom is -0.394 e. The summed E-state index contributed by atoms with van der Waals surface area (Å²) in [6.07, 6.45) is -0.393. The van der Waals surface area contributed by atoms with E-state index in [2.05, 4.69) is 0 Å². The van der Waals surface area contributed by atoms with Gasteiger partial charge in [0.05, 0.1) is 12.7 Å². The highest BCUT2D eigenvalue weighted by Crippen LogP contribution is 2.20. The lowest BCUT2D eigenvalue weighted by atomic mass is 10.2. The Hall–Kier alpha value is -0.160. The van der Waals surface area contributed by atoms with Crippen LogP contribution in [0.15, 0.2) is 0 Å². The molecule has 11 heavy (non-hydrogen) atoms. The number of aliphatic hydroxyl groups excluding tert-OH is 2. The Labute approximate surface area is 66.4 Å². The van der Waals surface area contributed by atoms with Gasteiger partial charge in [0.1, 0.15) is 12.3 Å². The second-order valence-corrected chi connectivity index (χ2v) is 3.08. The molecule has 1 heterocycles. The second kappa shape index (κ2) is 3.49. The van der Waals surface area contributed by atoms with Gasteiger partial charge in [-0.25, -0.2) is 0 Å². The SMILES string of the molecule is CN(C)[C@H]1C[C@H](O)[C@@H](CO)O1. The van der Waals surface area contributed by atoms with Gasteiger partial charge in [-0.2, -0.15) is 0 Å². The van der Waals surface area contributed by atoms with E-state index in [1.54, 1.807) is 0 Å². The molecule has 0 saturated carbocycles. The van der Waals surface area contributed by atoms with Crippen LogP contribution in [0.5, 0.6) is 0 Å². The van der Waals surface area contributed by atoms with Gasteiger partial charge in [-0.1, -0.05) is 0 Å². The smallest absolute Gasteiger partial charge is 0.113 e. The molecule has 2 N–H and O–H groups in total. The van der Waals surface area contributed by atoms with Crippen LogP contribution in [0.4, 0.5) is 0 Å². The highest BCUT2D eigenvalue weighted by molar-refractivity contribution is 4.79. The predicted octanol–water partition coefficient (Wildman–Crippen LogP) is -0.984. The summed E-state index contributed by atoms with van der Waals surface area (Å²) in [5.41, 5.74) is 0. The van der Waals surface area contributed by atoms with Gasteiger partial charge in [0, 0.05) is 6.42 Å². The van der Waals surface area contributed by atoms with Gasteiger partial charge >= 0.3 is 0 Å². The number of aliphatic hydroxyl groups is 2. The summed E-state index contributed by atoms with van der Waals surface area (Å²) < 4.78 is 5.31. The van der Waals surface area contributed by atoms with Crippen LogP contribution in [0.2, 0.25) is 0 Å². The van der Waals surface area contributed by atoms with Crippen LogP contribution in [0.25, 0.3) is 0 Å². The van der Waals surface area contributed by atoms with E-state index in [0.29, 0.717) is 6.42 Å². The molecule has 0 spiro atoms. The fourth-order valence-corrected chi connectivity index (χ4v) is 1.20. The Kier molecular flexibility index (Phi) is 2.84. The van der Waals surface area contributed by atoms with Crippen LogP contribution in [0, 0.1) is 0 Å². The third-order valence-corrected chi connectivity index (χ3v) is 1.96. The molecule has 1 aliphatic heterocycles. The van der Waals surface area contributed by atoms with Gasteiger partial charge < -0.3 is 14.9 Å². The monoisotopic (exact) mass is 161 g/mol. The van der Waals surface area contributed by atoms with Crippen LogP contribution in [0.3, 0.4) is 0 Å². The first-order valence-corrected chi connectivity index (χ1v) is 3.76. The molecule has 0 aromatic carbocycles. The molecule has 0 unspecified atom stereocenters. The summed E-state index contributed by atoms with van der Waals surface area (Å²) in [6, 6.07) is 0. The van der Waals surface area contributed by atoms with Crippen LogP contribution in [0.1, 0.15) is 6.42 Å². The molecule has 1 fully saturated rings. The Balaban J connectivity index is 2.43.